The van der Waals surface area contributed by atoms with E-state index in [1.54, 1.807) is 0 Å². The molecule has 9 heavy (non-hydrogen) atoms. The highest BCUT2D eigenvalue weighted by atomic mass is 15.1. The van der Waals surface area contributed by atoms with E-state index in [0.29, 0.717) is 0 Å². The second-order valence-electron chi connectivity index (χ2n) is 3.18. The van der Waals surface area contributed by atoms with E-state index in [9.17, 15) is 0 Å². The highest BCUT2D eigenvalue weighted by molar-refractivity contribution is 6.57. The summed E-state index contributed by atoms with van der Waals surface area (Å²) in [5.41, 5.74) is 0. The van der Waals surface area contributed by atoms with E-state index in [-0.39, 0.29) is 0 Å². The molecule has 0 aromatic rings. The second kappa shape index (κ2) is 3.94. The summed E-state index contributed by atoms with van der Waals surface area (Å²) in [4.78, 5) is 2.30. The smallest absolute Gasteiger partial charge is 0.154 e. The minimum atomic E-state index is 0.755. The van der Waals surface area contributed by atoms with Gasteiger partial charge in [-0.25, -0.2) is 0 Å². The number of nitrogens with zero attached hydrogens (tertiary/aromatic N) is 1. The summed E-state index contributed by atoms with van der Waals surface area (Å²) in [6.07, 6.45) is 1.25. The van der Waals surface area contributed by atoms with Gasteiger partial charge in [-0.1, -0.05) is 20.6 Å². The topological polar surface area (TPSA) is 3.24 Å². The van der Waals surface area contributed by atoms with Gasteiger partial charge in [0.25, 0.3) is 0 Å². The van der Waals surface area contributed by atoms with Crippen LogP contribution in [0.15, 0.2) is 0 Å². The van der Waals surface area contributed by atoms with Gasteiger partial charge in [-0.2, -0.15) is 0 Å². The van der Waals surface area contributed by atoms with Crippen LogP contribution < -0.4 is 0 Å². The van der Waals surface area contributed by atoms with Crippen LogP contribution in [0, 0.1) is 0 Å². The Hall–Kier alpha value is 0.0249. The quantitative estimate of drug-likeness (QED) is 0.520. The number of hydrogen-bond donors (Lipinski definition) is 0. The molecule has 1 unspecified atom stereocenters. The Morgan fingerprint density at radius 2 is 1.78 bits per heavy atom. The van der Waals surface area contributed by atoms with Crippen LogP contribution in [0.5, 0.6) is 0 Å². The molecule has 2 heteroatoms. The van der Waals surface area contributed by atoms with Crippen molar-refractivity contribution in [2.24, 2.45) is 0 Å². The van der Waals surface area contributed by atoms with Crippen molar-refractivity contribution >= 4 is 6.71 Å². The first kappa shape index (κ1) is 9.02. The fourth-order valence-electron chi connectivity index (χ4n) is 1.43. The maximum absolute atomic E-state index is 2.30. The molecule has 0 amide bonds. The minimum Gasteiger partial charge on any atom is -0.314 e. The Morgan fingerprint density at radius 1 is 1.33 bits per heavy atom. The Labute approximate surface area is 59.5 Å². The Morgan fingerprint density at radius 3 is 1.78 bits per heavy atom. The highest BCUT2D eigenvalue weighted by Crippen LogP contribution is 2.02. The van der Waals surface area contributed by atoms with Gasteiger partial charge in [0.15, 0.2) is 6.71 Å². The summed E-state index contributed by atoms with van der Waals surface area (Å²) < 4.78 is 0. The zero-order chi connectivity index (χ0) is 7.44. The maximum atomic E-state index is 2.30. The Kier molecular flexibility index (Phi) is 3.95. The molecule has 0 aliphatic heterocycles. The average molecular weight is 127 g/mol. The Balaban J connectivity index is 3.68. The van der Waals surface area contributed by atoms with E-state index in [2.05, 4.69) is 39.6 Å². The van der Waals surface area contributed by atoms with Crippen LogP contribution in [0.2, 0.25) is 13.6 Å². The molecule has 1 atom stereocenters. The second-order valence-corrected chi connectivity index (χ2v) is 3.18. The van der Waals surface area contributed by atoms with Crippen LogP contribution >= 0.6 is 0 Å². The highest BCUT2D eigenvalue weighted by Gasteiger charge is 2.14. The molecule has 0 aromatic heterocycles. The third kappa shape index (κ3) is 2.90. The first-order chi connectivity index (χ1) is 4.09. The SMILES string of the molecule is CCC(B(C)C)N(C)C. The molecule has 0 heterocycles. The van der Waals surface area contributed by atoms with Crippen LogP contribution in [0.25, 0.3) is 0 Å². The molecule has 0 saturated carbocycles. The molecule has 0 rings (SSSR count). The first-order valence-corrected chi connectivity index (χ1v) is 3.76. The van der Waals surface area contributed by atoms with Crippen LogP contribution in [-0.2, 0) is 0 Å². The molecule has 0 aliphatic rings. The summed E-state index contributed by atoms with van der Waals surface area (Å²) in [7, 11) is 4.29. The van der Waals surface area contributed by atoms with Gasteiger partial charge < -0.3 is 4.90 Å². The van der Waals surface area contributed by atoms with Gasteiger partial charge in [0, 0.05) is 0 Å². The Bertz CT molecular complexity index is 63.3. The van der Waals surface area contributed by atoms with Crippen molar-refractivity contribution in [2.45, 2.75) is 32.9 Å². The van der Waals surface area contributed by atoms with Crippen molar-refractivity contribution in [1.82, 2.24) is 4.90 Å². The van der Waals surface area contributed by atoms with E-state index in [0.717, 1.165) is 12.7 Å². The van der Waals surface area contributed by atoms with Gasteiger partial charge in [0.1, 0.15) is 0 Å². The van der Waals surface area contributed by atoms with E-state index >= 15 is 0 Å². The van der Waals surface area contributed by atoms with Gasteiger partial charge in [-0.15, -0.1) is 0 Å². The average Bonchev–Trinajstić information content (AvgIpc) is 1.64. The lowest BCUT2D eigenvalue weighted by molar-refractivity contribution is 0.361. The van der Waals surface area contributed by atoms with Crippen molar-refractivity contribution in [1.29, 1.82) is 0 Å². The van der Waals surface area contributed by atoms with Gasteiger partial charge in [0.2, 0.25) is 0 Å². The number of hydrogen-bond acceptors (Lipinski definition) is 1. The lowest BCUT2D eigenvalue weighted by Crippen LogP contribution is -2.37. The molecule has 0 N–H and O–H groups in total. The lowest BCUT2D eigenvalue weighted by Gasteiger charge is -2.24. The fraction of sp³-hybridized carbons (Fsp3) is 1.00. The first-order valence-electron chi connectivity index (χ1n) is 3.76. The summed E-state index contributed by atoms with van der Waals surface area (Å²) in [6.45, 7) is 7.57. The predicted octanol–water partition coefficient (Wildman–Crippen LogP) is 1.62. The summed E-state index contributed by atoms with van der Waals surface area (Å²) in [5, 5.41) is 0. The maximum Gasteiger partial charge on any atom is 0.154 e. The van der Waals surface area contributed by atoms with Crippen molar-refractivity contribution in [3.8, 4) is 0 Å². The van der Waals surface area contributed by atoms with E-state index in [4.69, 9.17) is 0 Å². The van der Waals surface area contributed by atoms with Crippen LogP contribution in [0.1, 0.15) is 13.3 Å². The molecule has 0 spiro atoms. The van der Waals surface area contributed by atoms with Crippen molar-refractivity contribution in [3.63, 3.8) is 0 Å². The van der Waals surface area contributed by atoms with Crippen molar-refractivity contribution in [2.75, 3.05) is 14.1 Å². The number of rotatable bonds is 3. The van der Waals surface area contributed by atoms with Crippen molar-refractivity contribution < 1.29 is 0 Å². The third-order valence-corrected chi connectivity index (χ3v) is 1.85. The van der Waals surface area contributed by atoms with Gasteiger partial charge in [-0.05, 0) is 26.5 Å². The van der Waals surface area contributed by atoms with Crippen LogP contribution in [0.3, 0.4) is 0 Å². The molecule has 54 valence electrons. The summed E-state index contributed by atoms with van der Waals surface area (Å²) in [5.74, 6) is 0.755. The third-order valence-electron chi connectivity index (χ3n) is 1.85. The van der Waals surface area contributed by atoms with E-state index < -0.39 is 0 Å². The molecule has 0 radical (unpaired) electrons. The molecule has 0 fully saturated rings. The normalized spacial score (nSPS) is 14.0. The molecular formula is C7H18BN. The standard InChI is InChI=1S/C7H18BN/c1-6-7(8(2)3)9(4)5/h7H,6H2,1-5H3. The lowest BCUT2D eigenvalue weighted by atomic mass is 9.47. The molecule has 0 aliphatic carbocycles. The van der Waals surface area contributed by atoms with Crippen LogP contribution in [-0.4, -0.2) is 31.6 Å². The monoisotopic (exact) mass is 127 g/mol. The van der Waals surface area contributed by atoms with Gasteiger partial charge in [-0.3, -0.25) is 0 Å². The molecule has 1 nitrogen and oxygen atoms in total. The van der Waals surface area contributed by atoms with Crippen molar-refractivity contribution in [3.05, 3.63) is 0 Å². The zero-order valence-corrected chi connectivity index (χ0v) is 7.31. The predicted molar refractivity (Wildman–Crippen MR) is 45.2 cm³/mol. The van der Waals surface area contributed by atoms with Crippen LogP contribution in [0.4, 0.5) is 0 Å². The summed E-state index contributed by atoms with van der Waals surface area (Å²) >= 11 is 0. The molecule has 0 saturated heterocycles. The van der Waals surface area contributed by atoms with E-state index in [1.165, 1.54) is 6.42 Å². The summed E-state index contributed by atoms with van der Waals surface area (Å²) in [6, 6.07) is 0. The zero-order valence-electron chi connectivity index (χ0n) is 7.31. The van der Waals surface area contributed by atoms with Gasteiger partial charge in [0.05, 0.1) is 0 Å². The largest absolute Gasteiger partial charge is 0.314 e. The fourth-order valence-corrected chi connectivity index (χ4v) is 1.43. The molecule has 0 aromatic carbocycles. The van der Waals surface area contributed by atoms with Gasteiger partial charge >= 0.3 is 0 Å². The minimum absolute atomic E-state index is 0.755. The molecular weight excluding hydrogens is 109 g/mol. The van der Waals surface area contributed by atoms with E-state index in [1.807, 2.05) is 0 Å². The molecule has 0 bridgehead atoms.